The molecular formula is C24H25N3O3. The lowest BCUT2D eigenvalue weighted by atomic mass is 9.98. The summed E-state index contributed by atoms with van der Waals surface area (Å²) in [5.74, 6) is -0.570. The number of furan rings is 1. The highest BCUT2D eigenvalue weighted by Crippen LogP contribution is 2.27. The Hall–Kier alpha value is -3.38. The second-order valence-corrected chi connectivity index (χ2v) is 7.55. The molecular weight excluding hydrogens is 378 g/mol. The maximum Gasteiger partial charge on any atom is 0.313 e. The Kier molecular flexibility index (Phi) is 5.95. The monoisotopic (exact) mass is 403 g/mol. The van der Waals surface area contributed by atoms with Crippen molar-refractivity contribution in [2.75, 3.05) is 18.4 Å². The molecule has 1 aliphatic heterocycles. The van der Waals surface area contributed by atoms with Crippen molar-refractivity contribution in [3.8, 4) is 0 Å². The van der Waals surface area contributed by atoms with E-state index in [1.807, 2.05) is 37.3 Å². The van der Waals surface area contributed by atoms with Crippen LogP contribution in [0.15, 0.2) is 71.3 Å². The molecule has 0 radical (unpaired) electrons. The summed E-state index contributed by atoms with van der Waals surface area (Å²) in [5.41, 5.74) is 4.31. The lowest BCUT2D eigenvalue weighted by Crippen LogP contribution is -2.43. The molecule has 3 aromatic rings. The highest BCUT2D eigenvalue weighted by atomic mass is 16.3. The van der Waals surface area contributed by atoms with Crippen LogP contribution in [0, 0.1) is 6.92 Å². The molecule has 1 atom stereocenters. The minimum absolute atomic E-state index is 0.149. The number of anilines is 1. The van der Waals surface area contributed by atoms with Gasteiger partial charge in [0.1, 0.15) is 5.76 Å². The molecule has 1 aromatic heterocycles. The normalized spacial score (nSPS) is 14.6. The van der Waals surface area contributed by atoms with Crippen molar-refractivity contribution in [1.29, 1.82) is 0 Å². The number of hydrogen-bond acceptors (Lipinski definition) is 4. The number of nitrogens with zero attached hydrogens (tertiary/aromatic N) is 1. The molecule has 2 amide bonds. The van der Waals surface area contributed by atoms with Crippen molar-refractivity contribution < 1.29 is 14.0 Å². The summed E-state index contributed by atoms with van der Waals surface area (Å²) in [6.07, 6.45) is 2.57. The molecule has 30 heavy (non-hydrogen) atoms. The van der Waals surface area contributed by atoms with Crippen molar-refractivity contribution in [1.82, 2.24) is 10.2 Å². The maximum atomic E-state index is 12.4. The number of hydrogen-bond donors (Lipinski definition) is 2. The third kappa shape index (κ3) is 4.60. The number of rotatable bonds is 5. The van der Waals surface area contributed by atoms with E-state index in [4.69, 9.17) is 4.42 Å². The van der Waals surface area contributed by atoms with E-state index in [-0.39, 0.29) is 12.6 Å². The van der Waals surface area contributed by atoms with E-state index in [9.17, 15) is 9.59 Å². The Labute approximate surface area is 175 Å². The molecule has 0 saturated heterocycles. The molecule has 0 fully saturated rings. The largest absolute Gasteiger partial charge is 0.468 e. The van der Waals surface area contributed by atoms with Crippen LogP contribution in [-0.2, 0) is 22.6 Å². The minimum atomic E-state index is -0.680. The Bertz CT molecular complexity index is 1010. The van der Waals surface area contributed by atoms with Gasteiger partial charge in [0.25, 0.3) is 0 Å². The molecule has 2 aromatic carbocycles. The molecule has 0 unspecified atom stereocenters. The number of amides is 2. The van der Waals surface area contributed by atoms with Crippen LogP contribution in [0.5, 0.6) is 0 Å². The second kappa shape index (κ2) is 8.97. The van der Waals surface area contributed by atoms with Gasteiger partial charge in [0.05, 0.1) is 12.3 Å². The van der Waals surface area contributed by atoms with Gasteiger partial charge >= 0.3 is 11.8 Å². The average molecular weight is 403 g/mol. The van der Waals surface area contributed by atoms with Crippen LogP contribution in [0.1, 0.15) is 28.5 Å². The van der Waals surface area contributed by atoms with Gasteiger partial charge in [0.2, 0.25) is 0 Å². The van der Waals surface area contributed by atoms with Crippen LogP contribution >= 0.6 is 0 Å². The van der Waals surface area contributed by atoms with Crippen LogP contribution < -0.4 is 10.6 Å². The topological polar surface area (TPSA) is 74.6 Å². The lowest BCUT2D eigenvalue weighted by molar-refractivity contribution is -0.136. The highest BCUT2D eigenvalue weighted by molar-refractivity contribution is 6.39. The molecule has 154 valence electrons. The van der Waals surface area contributed by atoms with Gasteiger partial charge in [-0.3, -0.25) is 14.5 Å². The predicted octanol–water partition coefficient (Wildman–Crippen LogP) is 3.44. The van der Waals surface area contributed by atoms with E-state index >= 15 is 0 Å². The van der Waals surface area contributed by atoms with Gasteiger partial charge in [-0.25, -0.2) is 0 Å². The first-order valence-electron chi connectivity index (χ1n) is 10.1. The number of fused-ring (bicyclic) bond motifs is 1. The average Bonchev–Trinajstić information content (AvgIpc) is 3.30. The number of benzene rings is 2. The fraction of sp³-hybridized carbons (Fsp3) is 0.250. The van der Waals surface area contributed by atoms with Crippen molar-refractivity contribution in [2.45, 2.75) is 25.9 Å². The first kappa shape index (κ1) is 19.9. The quantitative estimate of drug-likeness (QED) is 0.640. The first-order chi connectivity index (χ1) is 14.6. The van der Waals surface area contributed by atoms with Crippen LogP contribution in [0.3, 0.4) is 0 Å². The Morgan fingerprint density at radius 2 is 1.77 bits per heavy atom. The van der Waals surface area contributed by atoms with E-state index in [0.717, 1.165) is 30.8 Å². The zero-order valence-corrected chi connectivity index (χ0v) is 16.9. The summed E-state index contributed by atoms with van der Waals surface area (Å²) < 4.78 is 5.64. The highest BCUT2D eigenvalue weighted by Gasteiger charge is 2.27. The van der Waals surface area contributed by atoms with Crippen LogP contribution in [-0.4, -0.2) is 29.8 Å². The molecule has 0 spiro atoms. The fourth-order valence-corrected chi connectivity index (χ4v) is 3.77. The molecule has 0 bridgehead atoms. The summed E-state index contributed by atoms with van der Waals surface area (Å²) in [7, 11) is 0. The molecule has 0 saturated carbocycles. The smallest absolute Gasteiger partial charge is 0.313 e. The van der Waals surface area contributed by atoms with E-state index in [1.54, 1.807) is 18.4 Å². The van der Waals surface area contributed by atoms with Crippen LogP contribution in [0.2, 0.25) is 0 Å². The Morgan fingerprint density at radius 3 is 2.50 bits per heavy atom. The van der Waals surface area contributed by atoms with E-state index in [2.05, 4.69) is 33.7 Å². The number of carbonyl (C=O) groups excluding carboxylic acids is 2. The molecule has 6 nitrogen and oxygen atoms in total. The molecule has 0 aliphatic carbocycles. The number of aryl methyl sites for hydroxylation is 1. The summed E-state index contributed by atoms with van der Waals surface area (Å²) in [6, 6.07) is 19.3. The zero-order chi connectivity index (χ0) is 20.9. The van der Waals surface area contributed by atoms with Gasteiger partial charge < -0.3 is 15.1 Å². The number of nitrogens with one attached hydrogen (secondary N) is 2. The van der Waals surface area contributed by atoms with E-state index < -0.39 is 11.8 Å². The summed E-state index contributed by atoms with van der Waals surface area (Å²) in [6.45, 7) is 3.88. The van der Waals surface area contributed by atoms with E-state index in [0.29, 0.717) is 5.69 Å². The van der Waals surface area contributed by atoms with Crippen LogP contribution in [0.25, 0.3) is 0 Å². The standard InChI is InChI=1S/C24H25N3O3/c1-17-8-10-20(11-9-17)26-24(29)23(28)25-15-21(22-7-4-14-30-22)27-13-12-18-5-2-3-6-19(18)16-27/h2-11,14,21H,12-13,15-16H2,1H3,(H,25,28)(H,26,29)/t21-/m1/s1. The van der Waals surface area contributed by atoms with Gasteiger partial charge in [-0.1, -0.05) is 42.0 Å². The number of carbonyl (C=O) groups is 2. The van der Waals surface area contributed by atoms with Gasteiger partial charge in [0.15, 0.2) is 0 Å². The van der Waals surface area contributed by atoms with Gasteiger partial charge in [-0.15, -0.1) is 0 Å². The SMILES string of the molecule is Cc1ccc(NC(=O)C(=O)NC[C@H](c2ccco2)N2CCc3ccccc3C2)cc1. The molecule has 2 N–H and O–H groups in total. The molecule has 6 heteroatoms. The third-order valence-corrected chi connectivity index (χ3v) is 5.44. The lowest BCUT2D eigenvalue weighted by Gasteiger charge is -2.34. The summed E-state index contributed by atoms with van der Waals surface area (Å²) in [5, 5.41) is 5.40. The van der Waals surface area contributed by atoms with Crippen LogP contribution in [0.4, 0.5) is 5.69 Å². The molecule has 1 aliphatic rings. The van der Waals surface area contributed by atoms with Gasteiger partial charge in [-0.05, 0) is 48.7 Å². The summed E-state index contributed by atoms with van der Waals surface area (Å²) in [4.78, 5) is 27.0. The first-order valence-corrected chi connectivity index (χ1v) is 10.1. The molecule has 2 heterocycles. The summed E-state index contributed by atoms with van der Waals surface area (Å²) >= 11 is 0. The van der Waals surface area contributed by atoms with Gasteiger partial charge in [-0.2, -0.15) is 0 Å². The van der Waals surface area contributed by atoms with E-state index in [1.165, 1.54) is 11.1 Å². The Balaban J connectivity index is 1.41. The Morgan fingerprint density at radius 1 is 1.00 bits per heavy atom. The van der Waals surface area contributed by atoms with Crippen molar-refractivity contribution in [3.63, 3.8) is 0 Å². The molecule has 4 rings (SSSR count). The predicted molar refractivity (Wildman–Crippen MR) is 115 cm³/mol. The maximum absolute atomic E-state index is 12.4. The van der Waals surface area contributed by atoms with Crippen molar-refractivity contribution >= 4 is 17.5 Å². The second-order valence-electron chi connectivity index (χ2n) is 7.55. The zero-order valence-electron chi connectivity index (χ0n) is 16.9. The fourth-order valence-electron chi connectivity index (χ4n) is 3.77. The minimum Gasteiger partial charge on any atom is -0.468 e. The van der Waals surface area contributed by atoms with Crippen molar-refractivity contribution in [2.24, 2.45) is 0 Å². The van der Waals surface area contributed by atoms with Gasteiger partial charge in [0, 0.05) is 25.3 Å². The third-order valence-electron chi connectivity index (χ3n) is 5.44. The van der Waals surface area contributed by atoms with Crippen molar-refractivity contribution in [3.05, 3.63) is 89.4 Å².